The van der Waals surface area contributed by atoms with Crippen molar-refractivity contribution in [2.24, 2.45) is 0 Å². The Morgan fingerprint density at radius 2 is 2.11 bits per heavy atom. The Labute approximate surface area is 109 Å². The first-order valence-electron chi connectivity index (χ1n) is 6.68. The number of carbonyl (C=O) groups is 1. The SMILES string of the molecule is CC1CCCCN1C(=O)COCc1ccccc1. The van der Waals surface area contributed by atoms with E-state index in [1.807, 2.05) is 35.2 Å². The Balaban J connectivity index is 1.74. The van der Waals surface area contributed by atoms with Gasteiger partial charge in [-0.25, -0.2) is 0 Å². The largest absolute Gasteiger partial charge is 0.367 e. The predicted molar refractivity (Wildman–Crippen MR) is 71.1 cm³/mol. The Morgan fingerprint density at radius 3 is 2.83 bits per heavy atom. The molecule has 0 aliphatic carbocycles. The number of piperidine rings is 1. The number of carbonyl (C=O) groups excluding carboxylic acids is 1. The smallest absolute Gasteiger partial charge is 0.248 e. The average Bonchev–Trinajstić information content (AvgIpc) is 2.40. The second kappa shape index (κ2) is 6.55. The molecule has 1 aliphatic heterocycles. The van der Waals surface area contributed by atoms with Crippen molar-refractivity contribution in [1.29, 1.82) is 0 Å². The summed E-state index contributed by atoms with van der Waals surface area (Å²) < 4.78 is 5.49. The zero-order valence-electron chi connectivity index (χ0n) is 11.0. The van der Waals surface area contributed by atoms with Crippen molar-refractivity contribution in [1.82, 2.24) is 4.90 Å². The highest BCUT2D eigenvalue weighted by Gasteiger charge is 2.22. The molecule has 0 aromatic heterocycles. The number of likely N-dealkylation sites (tertiary alicyclic amines) is 1. The molecule has 0 bridgehead atoms. The molecule has 1 aromatic carbocycles. The first-order valence-corrected chi connectivity index (χ1v) is 6.68. The maximum atomic E-state index is 12.0. The van der Waals surface area contributed by atoms with Crippen LogP contribution in [0, 0.1) is 0 Å². The molecule has 98 valence electrons. The van der Waals surface area contributed by atoms with Crippen LogP contribution in [0.15, 0.2) is 30.3 Å². The molecule has 1 fully saturated rings. The zero-order chi connectivity index (χ0) is 12.8. The third kappa shape index (κ3) is 3.57. The van der Waals surface area contributed by atoms with E-state index in [4.69, 9.17) is 4.74 Å². The minimum atomic E-state index is 0.123. The molecule has 1 aliphatic rings. The lowest BCUT2D eigenvalue weighted by molar-refractivity contribution is -0.139. The highest BCUT2D eigenvalue weighted by molar-refractivity contribution is 5.77. The van der Waals surface area contributed by atoms with Crippen molar-refractivity contribution >= 4 is 5.91 Å². The summed E-state index contributed by atoms with van der Waals surface area (Å²) in [6.45, 7) is 3.71. The van der Waals surface area contributed by atoms with Crippen LogP contribution in [0.2, 0.25) is 0 Å². The van der Waals surface area contributed by atoms with Crippen molar-refractivity contribution in [2.75, 3.05) is 13.2 Å². The van der Waals surface area contributed by atoms with Gasteiger partial charge in [0.05, 0.1) is 6.61 Å². The highest BCUT2D eigenvalue weighted by atomic mass is 16.5. The lowest BCUT2D eigenvalue weighted by Gasteiger charge is -2.33. The molecule has 0 spiro atoms. The van der Waals surface area contributed by atoms with Crippen molar-refractivity contribution < 1.29 is 9.53 Å². The summed E-state index contributed by atoms with van der Waals surface area (Å²) in [5.41, 5.74) is 1.11. The van der Waals surface area contributed by atoms with Crippen LogP contribution in [0.3, 0.4) is 0 Å². The molecular weight excluding hydrogens is 226 g/mol. The number of hydrogen-bond acceptors (Lipinski definition) is 2. The van der Waals surface area contributed by atoms with Gasteiger partial charge in [-0.3, -0.25) is 4.79 Å². The van der Waals surface area contributed by atoms with Gasteiger partial charge in [0.25, 0.3) is 0 Å². The molecule has 1 amide bonds. The van der Waals surface area contributed by atoms with Gasteiger partial charge in [-0.05, 0) is 31.7 Å². The summed E-state index contributed by atoms with van der Waals surface area (Å²) in [7, 11) is 0. The minimum absolute atomic E-state index is 0.123. The van der Waals surface area contributed by atoms with Crippen LogP contribution in [0.25, 0.3) is 0 Å². The van der Waals surface area contributed by atoms with Crippen molar-refractivity contribution in [3.8, 4) is 0 Å². The van der Waals surface area contributed by atoms with Crippen LogP contribution in [0.4, 0.5) is 0 Å². The van der Waals surface area contributed by atoms with Crippen molar-refractivity contribution in [3.63, 3.8) is 0 Å². The van der Waals surface area contributed by atoms with Gasteiger partial charge in [0.2, 0.25) is 5.91 Å². The number of benzene rings is 1. The van der Waals surface area contributed by atoms with Gasteiger partial charge in [0, 0.05) is 12.6 Å². The molecule has 0 N–H and O–H groups in total. The van der Waals surface area contributed by atoms with E-state index in [0.717, 1.165) is 24.9 Å². The lowest BCUT2D eigenvalue weighted by Crippen LogP contribution is -2.43. The molecule has 1 aromatic rings. The van der Waals surface area contributed by atoms with Gasteiger partial charge < -0.3 is 9.64 Å². The summed E-state index contributed by atoms with van der Waals surface area (Å²) in [4.78, 5) is 14.0. The van der Waals surface area contributed by atoms with Gasteiger partial charge in [-0.2, -0.15) is 0 Å². The Hall–Kier alpha value is -1.35. The topological polar surface area (TPSA) is 29.5 Å². The van der Waals surface area contributed by atoms with Crippen LogP contribution < -0.4 is 0 Å². The standard InChI is InChI=1S/C15H21NO2/c1-13-7-5-6-10-16(13)15(17)12-18-11-14-8-3-2-4-9-14/h2-4,8-9,13H,5-7,10-12H2,1H3. The number of nitrogens with zero attached hydrogens (tertiary/aromatic N) is 1. The average molecular weight is 247 g/mol. The maximum absolute atomic E-state index is 12.0. The predicted octanol–water partition coefficient (Wildman–Crippen LogP) is 2.60. The van der Waals surface area contributed by atoms with Gasteiger partial charge in [-0.15, -0.1) is 0 Å². The van der Waals surface area contributed by atoms with Gasteiger partial charge in [0.1, 0.15) is 6.61 Å². The Morgan fingerprint density at radius 1 is 1.33 bits per heavy atom. The van der Waals surface area contributed by atoms with Gasteiger partial charge in [-0.1, -0.05) is 30.3 Å². The summed E-state index contributed by atoms with van der Waals surface area (Å²) in [5.74, 6) is 0.123. The minimum Gasteiger partial charge on any atom is -0.367 e. The lowest BCUT2D eigenvalue weighted by atomic mass is 10.0. The third-order valence-corrected chi connectivity index (χ3v) is 3.46. The Bertz CT molecular complexity index is 377. The Kier molecular flexibility index (Phi) is 4.76. The molecule has 3 nitrogen and oxygen atoms in total. The van der Waals surface area contributed by atoms with E-state index in [0.29, 0.717) is 12.6 Å². The molecule has 1 atom stereocenters. The quantitative estimate of drug-likeness (QED) is 0.818. The van der Waals surface area contributed by atoms with E-state index >= 15 is 0 Å². The number of hydrogen-bond donors (Lipinski definition) is 0. The summed E-state index contributed by atoms with van der Waals surface area (Å²) >= 11 is 0. The van der Waals surface area contributed by atoms with Crippen LogP contribution in [-0.2, 0) is 16.1 Å². The van der Waals surface area contributed by atoms with E-state index in [2.05, 4.69) is 6.92 Å². The fraction of sp³-hybridized carbons (Fsp3) is 0.533. The van der Waals surface area contributed by atoms with E-state index in [1.54, 1.807) is 0 Å². The molecule has 2 rings (SSSR count). The van der Waals surface area contributed by atoms with E-state index in [-0.39, 0.29) is 12.5 Å². The van der Waals surface area contributed by atoms with Crippen LogP contribution in [0.1, 0.15) is 31.7 Å². The second-order valence-corrected chi connectivity index (χ2v) is 4.91. The third-order valence-electron chi connectivity index (χ3n) is 3.46. The van der Waals surface area contributed by atoms with E-state index in [9.17, 15) is 4.79 Å². The normalized spacial score (nSPS) is 19.8. The first kappa shape index (κ1) is 13.1. The van der Waals surface area contributed by atoms with E-state index in [1.165, 1.54) is 6.42 Å². The highest BCUT2D eigenvalue weighted by Crippen LogP contribution is 2.16. The molecular formula is C15H21NO2. The number of ether oxygens (including phenoxy) is 1. The number of rotatable bonds is 4. The van der Waals surface area contributed by atoms with Crippen LogP contribution in [0.5, 0.6) is 0 Å². The zero-order valence-corrected chi connectivity index (χ0v) is 11.0. The molecule has 1 saturated heterocycles. The summed E-state index contributed by atoms with van der Waals surface area (Å²) in [5, 5.41) is 0. The van der Waals surface area contributed by atoms with Crippen molar-refractivity contribution in [2.45, 2.75) is 38.8 Å². The second-order valence-electron chi connectivity index (χ2n) is 4.91. The number of amides is 1. The van der Waals surface area contributed by atoms with Gasteiger partial charge >= 0.3 is 0 Å². The summed E-state index contributed by atoms with van der Waals surface area (Å²) in [6, 6.07) is 10.3. The van der Waals surface area contributed by atoms with Crippen LogP contribution >= 0.6 is 0 Å². The molecule has 0 saturated carbocycles. The molecule has 1 unspecified atom stereocenters. The first-order chi connectivity index (χ1) is 8.77. The molecule has 18 heavy (non-hydrogen) atoms. The van der Waals surface area contributed by atoms with E-state index < -0.39 is 0 Å². The molecule has 3 heteroatoms. The maximum Gasteiger partial charge on any atom is 0.248 e. The van der Waals surface area contributed by atoms with Gasteiger partial charge in [0.15, 0.2) is 0 Å². The summed E-state index contributed by atoms with van der Waals surface area (Å²) in [6.07, 6.45) is 3.47. The monoisotopic (exact) mass is 247 g/mol. The fourth-order valence-corrected chi connectivity index (χ4v) is 2.38. The molecule has 0 radical (unpaired) electrons. The fourth-order valence-electron chi connectivity index (χ4n) is 2.38. The molecule has 1 heterocycles. The van der Waals surface area contributed by atoms with Crippen molar-refractivity contribution in [3.05, 3.63) is 35.9 Å². The van der Waals surface area contributed by atoms with Crippen LogP contribution in [-0.4, -0.2) is 30.0 Å².